The van der Waals surface area contributed by atoms with Crippen LogP contribution in [0.3, 0.4) is 0 Å². The van der Waals surface area contributed by atoms with E-state index < -0.39 is 52.9 Å². The van der Waals surface area contributed by atoms with E-state index in [9.17, 15) is 45.0 Å². The molecule has 3 rings (SSSR count). The number of amides is 1. The highest BCUT2D eigenvalue weighted by Crippen LogP contribution is 2.35. The second-order valence-electron chi connectivity index (χ2n) is 7.01. The maximum Gasteiger partial charge on any atom is 0.451 e. The molecule has 1 heterocycles. The predicted octanol–water partition coefficient (Wildman–Crippen LogP) is 4.97. The SMILES string of the molecule is O=C(NCc1cnc(C(F)(F)F)nc1)c1cc(-c2ccc(F)cc2F)cc(C(O)C(F)(F)F)c1. The van der Waals surface area contributed by atoms with Crippen LogP contribution in [0.15, 0.2) is 48.8 Å². The Labute approximate surface area is 186 Å². The number of hydrogen-bond acceptors (Lipinski definition) is 4. The minimum absolute atomic E-state index is 0.0534. The number of aliphatic hydroxyl groups excluding tert-OH is 1. The first kappa shape index (κ1) is 25.0. The fraction of sp³-hybridized carbons (Fsp3) is 0.190. The number of nitrogens with one attached hydrogen (secondary N) is 1. The van der Waals surface area contributed by atoms with Crippen molar-refractivity contribution in [1.29, 1.82) is 0 Å². The van der Waals surface area contributed by atoms with Crippen LogP contribution in [0.1, 0.15) is 33.4 Å². The lowest BCUT2D eigenvalue weighted by atomic mass is 9.96. The van der Waals surface area contributed by atoms with Crippen molar-refractivity contribution in [2.75, 3.05) is 0 Å². The maximum absolute atomic E-state index is 14.2. The number of hydrogen-bond donors (Lipinski definition) is 2. The standard InChI is InChI=1S/C21H13F8N3O2/c22-14-1-2-15(16(23)6-14)11-3-12(17(33)20(24,25)26)5-13(4-11)18(34)30-7-10-8-31-19(32-9-10)21(27,28)29/h1-6,8-9,17,33H,7H2,(H,30,34). The van der Waals surface area contributed by atoms with Gasteiger partial charge in [0, 0.05) is 41.7 Å². The Morgan fingerprint density at radius 3 is 2.18 bits per heavy atom. The molecule has 0 saturated heterocycles. The number of carbonyl (C=O) groups excluding carboxylic acids is 1. The summed E-state index contributed by atoms with van der Waals surface area (Å²) in [6.45, 7) is -0.386. The first-order valence-corrected chi connectivity index (χ1v) is 9.27. The third-order valence-corrected chi connectivity index (χ3v) is 4.50. The zero-order valence-corrected chi connectivity index (χ0v) is 16.7. The number of alkyl halides is 6. The van der Waals surface area contributed by atoms with Crippen LogP contribution in [0, 0.1) is 11.6 Å². The molecule has 0 fully saturated rings. The molecule has 1 unspecified atom stereocenters. The molecule has 1 aromatic heterocycles. The number of halogens is 8. The van der Waals surface area contributed by atoms with Gasteiger partial charge in [-0.15, -0.1) is 0 Å². The number of rotatable bonds is 5. The second-order valence-corrected chi connectivity index (χ2v) is 7.01. The van der Waals surface area contributed by atoms with Gasteiger partial charge in [-0.1, -0.05) is 0 Å². The maximum atomic E-state index is 14.2. The smallest absolute Gasteiger partial charge is 0.379 e. The molecule has 0 saturated carbocycles. The number of aromatic nitrogens is 2. The van der Waals surface area contributed by atoms with E-state index in [0.29, 0.717) is 6.07 Å². The lowest BCUT2D eigenvalue weighted by molar-refractivity contribution is -0.206. The van der Waals surface area contributed by atoms with Crippen molar-refractivity contribution >= 4 is 5.91 Å². The fourth-order valence-electron chi connectivity index (χ4n) is 2.89. The summed E-state index contributed by atoms with van der Waals surface area (Å²) in [6.07, 6.45) is -11.3. The van der Waals surface area contributed by atoms with E-state index in [1.54, 1.807) is 0 Å². The molecule has 5 nitrogen and oxygen atoms in total. The molecule has 0 bridgehead atoms. The Morgan fingerprint density at radius 1 is 0.971 bits per heavy atom. The summed E-state index contributed by atoms with van der Waals surface area (Å²) in [5.41, 5.74) is -1.73. The number of benzene rings is 2. The van der Waals surface area contributed by atoms with Crippen molar-refractivity contribution in [3.8, 4) is 11.1 Å². The average Bonchev–Trinajstić information content (AvgIpc) is 2.75. The molecule has 0 radical (unpaired) electrons. The van der Waals surface area contributed by atoms with Gasteiger partial charge in [-0.05, 0) is 41.5 Å². The van der Waals surface area contributed by atoms with Crippen LogP contribution in [-0.4, -0.2) is 27.2 Å². The van der Waals surface area contributed by atoms with Crippen molar-refractivity contribution < 1.29 is 45.0 Å². The minimum atomic E-state index is -5.11. The van der Waals surface area contributed by atoms with Crippen molar-refractivity contribution in [3.63, 3.8) is 0 Å². The molecule has 2 N–H and O–H groups in total. The molecular formula is C21H13F8N3O2. The summed E-state index contributed by atoms with van der Waals surface area (Å²) >= 11 is 0. The van der Waals surface area contributed by atoms with Gasteiger partial charge in [0.05, 0.1) is 0 Å². The molecule has 0 spiro atoms. The molecule has 0 aliphatic heterocycles. The first-order valence-electron chi connectivity index (χ1n) is 9.27. The topological polar surface area (TPSA) is 75.1 Å². The number of carbonyl (C=O) groups is 1. The van der Waals surface area contributed by atoms with Gasteiger partial charge in [0.15, 0.2) is 6.10 Å². The van der Waals surface area contributed by atoms with Gasteiger partial charge < -0.3 is 10.4 Å². The van der Waals surface area contributed by atoms with Gasteiger partial charge in [-0.3, -0.25) is 4.79 Å². The van der Waals surface area contributed by atoms with E-state index in [-0.39, 0.29) is 23.2 Å². The lowest BCUT2D eigenvalue weighted by Gasteiger charge is -2.17. The zero-order chi connectivity index (χ0) is 25.3. The highest BCUT2D eigenvalue weighted by molar-refractivity contribution is 5.95. The Hall–Kier alpha value is -3.61. The van der Waals surface area contributed by atoms with Crippen LogP contribution in [0.2, 0.25) is 0 Å². The van der Waals surface area contributed by atoms with Crippen molar-refractivity contribution in [3.05, 3.63) is 82.9 Å². The molecular weight excluding hydrogens is 478 g/mol. The summed E-state index contributed by atoms with van der Waals surface area (Å²) in [6, 6.07) is 4.84. The monoisotopic (exact) mass is 491 g/mol. The van der Waals surface area contributed by atoms with Crippen molar-refractivity contribution in [2.24, 2.45) is 0 Å². The Balaban J connectivity index is 1.92. The molecule has 13 heteroatoms. The summed E-state index contributed by atoms with van der Waals surface area (Å²) in [7, 11) is 0. The molecule has 180 valence electrons. The summed E-state index contributed by atoms with van der Waals surface area (Å²) in [4.78, 5) is 18.8. The van der Waals surface area contributed by atoms with E-state index in [1.165, 1.54) is 0 Å². The van der Waals surface area contributed by atoms with E-state index >= 15 is 0 Å². The molecule has 1 amide bonds. The Morgan fingerprint density at radius 2 is 1.62 bits per heavy atom. The number of nitrogens with zero attached hydrogens (tertiary/aromatic N) is 2. The van der Waals surface area contributed by atoms with Gasteiger partial charge in [-0.2, -0.15) is 26.3 Å². The molecule has 0 aliphatic rings. The van der Waals surface area contributed by atoms with Gasteiger partial charge in [0.1, 0.15) is 11.6 Å². The van der Waals surface area contributed by atoms with Gasteiger partial charge in [0.2, 0.25) is 5.82 Å². The largest absolute Gasteiger partial charge is 0.451 e. The molecule has 2 aromatic carbocycles. The summed E-state index contributed by atoms with van der Waals surface area (Å²) in [5.74, 6) is -4.45. The van der Waals surface area contributed by atoms with Crippen LogP contribution < -0.4 is 5.32 Å². The highest BCUT2D eigenvalue weighted by atomic mass is 19.4. The quantitative estimate of drug-likeness (QED) is 0.495. The zero-order valence-electron chi connectivity index (χ0n) is 16.7. The third-order valence-electron chi connectivity index (χ3n) is 4.50. The van der Waals surface area contributed by atoms with Crippen molar-refractivity contribution in [2.45, 2.75) is 25.0 Å². The lowest BCUT2D eigenvalue weighted by Crippen LogP contribution is -2.25. The van der Waals surface area contributed by atoms with Gasteiger partial charge in [0.25, 0.3) is 5.91 Å². The Kier molecular flexibility index (Phi) is 6.87. The van der Waals surface area contributed by atoms with E-state index in [1.807, 2.05) is 0 Å². The van der Waals surface area contributed by atoms with Crippen LogP contribution in [-0.2, 0) is 12.7 Å². The van der Waals surface area contributed by atoms with E-state index in [4.69, 9.17) is 0 Å². The molecule has 0 aliphatic carbocycles. The van der Waals surface area contributed by atoms with E-state index in [0.717, 1.165) is 42.7 Å². The molecule has 1 atom stereocenters. The third kappa shape index (κ3) is 5.84. The fourth-order valence-corrected chi connectivity index (χ4v) is 2.89. The van der Waals surface area contributed by atoms with E-state index in [2.05, 4.69) is 15.3 Å². The number of aliphatic hydroxyl groups is 1. The average molecular weight is 491 g/mol. The predicted molar refractivity (Wildman–Crippen MR) is 101 cm³/mol. The van der Waals surface area contributed by atoms with Crippen LogP contribution in [0.25, 0.3) is 11.1 Å². The molecule has 34 heavy (non-hydrogen) atoms. The molecule has 3 aromatic rings. The van der Waals surface area contributed by atoms with Gasteiger partial charge >= 0.3 is 12.4 Å². The minimum Gasteiger partial charge on any atom is -0.379 e. The van der Waals surface area contributed by atoms with Crippen molar-refractivity contribution in [1.82, 2.24) is 15.3 Å². The normalized spacial score (nSPS) is 13.0. The van der Waals surface area contributed by atoms with Gasteiger partial charge in [-0.25, -0.2) is 18.7 Å². The summed E-state index contributed by atoms with van der Waals surface area (Å²) < 4.78 is 104. The highest BCUT2D eigenvalue weighted by Gasteiger charge is 2.40. The van der Waals surface area contributed by atoms with Crippen LogP contribution >= 0.6 is 0 Å². The summed E-state index contributed by atoms with van der Waals surface area (Å²) in [5, 5.41) is 11.9. The van der Waals surface area contributed by atoms with Crippen LogP contribution in [0.5, 0.6) is 0 Å². The Bertz CT molecular complexity index is 1190. The van der Waals surface area contributed by atoms with Crippen LogP contribution in [0.4, 0.5) is 35.1 Å². The second kappa shape index (κ2) is 9.33. The first-order chi connectivity index (χ1) is 15.8.